The van der Waals surface area contributed by atoms with E-state index in [1.54, 1.807) is 0 Å². The van der Waals surface area contributed by atoms with Crippen LogP contribution in [0.25, 0.3) is 0 Å². The van der Waals surface area contributed by atoms with Crippen molar-refractivity contribution in [2.45, 2.75) is 118 Å². The monoisotopic (exact) mass is 402 g/mol. The lowest BCUT2D eigenvalue weighted by Crippen LogP contribution is -2.54. The maximum absolute atomic E-state index is 10.3. The van der Waals surface area contributed by atoms with E-state index >= 15 is 0 Å². The smallest absolute Gasteiger partial charge is 0.0543 e. The zero-order chi connectivity index (χ0) is 21.0. The Balaban J connectivity index is 1.46. The Bertz CT molecular complexity index is 569. The first-order valence-electron chi connectivity index (χ1n) is 13.3. The van der Waals surface area contributed by atoms with Crippen LogP contribution in [0.1, 0.15) is 112 Å². The van der Waals surface area contributed by atoms with Gasteiger partial charge in [-0.15, -0.1) is 0 Å². The predicted octanol–water partition coefficient (Wildman–Crippen LogP) is 7.71. The first kappa shape index (κ1) is 22.2. The molecule has 4 rings (SSSR count). The van der Waals surface area contributed by atoms with Crippen molar-refractivity contribution in [3.63, 3.8) is 0 Å². The summed E-state index contributed by atoms with van der Waals surface area (Å²) in [7, 11) is 0. The van der Waals surface area contributed by atoms with Crippen molar-refractivity contribution in [3.05, 3.63) is 0 Å². The lowest BCUT2D eigenvalue weighted by atomic mass is 9.44. The van der Waals surface area contributed by atoms with Crippen LogP contribution in [0.3, 0.4) is 0 Å². The molecule has 10 atom stereocenters. The SMILES string of the molecule is CC(C)C(C)CC[C@@H](C)[C@H]1CC[C@H]2[C@@H]3CC[C@@H]4C[C@H](O)CC[C@]4(C)[C@H]3CC[C@]12C. The molecule has 4 saturated carbocycles. The Hall–Kier alpha value is -0.0400. The van der Waals surface area contributed by atoms with Crippen LogP contribution >= 0.6 is 0 Å². The van der Waals surface area contributed by atoms with Gasteiger partial charge in [0.25, 0.3) is 0 Å². The van der Waals surface area contributed by atoms with Gasteiger partial charge in [-0.05, 0) is 116 Å². The Morgan fingerprint density at radius 2 is 1.48 bits per heavy atom. The van der Waals surface area contributed by atoms with E-state index in [1.807, 2.05) is 0 Å². The summed E-state index contributed by atoms with van der Waals surface area (Å²) in [5.41, 5.74) is 1.14. The predicted molar refractivity (Wildman–Crippen MR) is 124 cm³/mol. The molecule has 1 nitrogen and oxygen atoms in total. The molecule has 29 heavy (non-hydrogen) atoms. The molecule has 0 aromatic carbocycles. The van der Waals surface area contributed by atoms with E-state index in [2.05, 4.69) is 41.5 Å². The van der Waals surface area contributed by atoms with Gasteiger partial charge in [-0.1, -0.05) is 54.4 Å². The van der Waals surface area contributed by atoms with Crippen LogP contribution in [0, 0.1) is 58.2 Å². The standard InChI is InChI=1S/C28H50O/c1-18(2)19(3)7-8-20(4)24-11-12-25-23-10-9-21-17-22(29)13-15-27(21,5)26(23)14-16-28(24,25)6/h18-26,29H,7-17H2,1-6H3/t19?,20-,21-,22-,23+,24-,25+,26+,27+,28-/m1/s1. The van der Waals surface area contributed by atoms with Crippen molar-refractivity contribution < 1.29 is 5.11 Å². The van der Waals surface area contributed by atoms with E-state index in [0.29, 0.717) is 10.8 Å². The van der Waals surface area contributed by atoms with Crippen molar-refractivity contribution in [3.8, 4) is 0 Å². The highest BCUT2D eigenvalue weighted by atomic mass is 16.3. The lowest BCUT2D eigenvalue weighted by Gasteiger charge is -2.61. The number of fused-ring (bicyclic) bond motifs is 5. The molecule has 0 saturated heterocycles. The van der Waals surface area contributed by atoms with Crippen LogP contribution in [-0.2, 0) is 0 Å². The van der Waals surface area contributed by atoms with E-state index in [4.69, 9.17) is 0 Å². The van der Waals surface area contributed by atoms with Crippen LogP contribution in [0.5, 0.6) is 0 Å². The van der Waals surface area contributed by atoms with Gasteiger partial charge in [0.1, 0.15) is 0 Å². The summed E-state index contributed by atoms with van der Waals surface area (Å²) in [4.78, 5) is 0. The van der Waals surface area contributed by atoms with E-state index in [0.717, 1.165) is 60.2 Å². The van der Waals surface area contributed by atoms with Gasteiger partial charge in [-0.25, -0.2) is 0 Å². The fourth-order valence-corrected chi connectivity index (χ4v) is 9.27. The third-order valence-electron chi connectivity index (χ3n) is 11.6. The Morgan fingerprint density at radius 1 is 0.793 bits per heavy atom. The van der Waals surface area contributed by atoms with Crippen molar-refractivity contribution in [1.82, 2.24) is 0 Å². The van der Waals surface area contributed by atoms with Crippen molar-refractivity contribution >= 4 is 0 Å². The topological polar surface area (TPSA) is 20.2 Å². The van der Waals surface area contributed by atoms with Crippen molar-refractivity contribution in [1.29, 1.82) is 0 Å². The normalized spacial score (nSPS) is 49.2. The molecule has 1 unspecified atom stereocenters. The number of hydrogen-bond acceptors (Lipinski definition) is 1. The average Bonchev–Trinajstić information content (AvgIpc) is 3.03. The van der Waals surface area contributed by atoms with Gasteiger partial charge in [0, 0.05) is 0 Å². The highest BCUT2D eigenvalue weighted by molar-refractivity contribution is 5.09. The van der Waals surface area contributed by atoms with Gasteiger partial charge in [0.05, 0.1) is 6.10 Å². The number of aliphatic hydroxyl groups is 1. The maximum Gasteiger partial charge on any atom is 0.0543 e. The zero-order valence-electron chi connectivity index (χ0n) is 20.4. The molecule has 0 aromatic heterocycles. The molecule has 0 aromatic rings. The first-order valence-corrected chi connectivity index (χ1v) is 13.3. The number of hydrogen-bond donors (Lipinski definition) is 1. The molecule has 4 fully saturated rings. The second-order valence-corrected chi connectivity index (χ2v) is 13.1. The molecule has 0 amide bonds. The summed E-state index contributed by atoms with van der Waals surface area (Å²) >= 11 is 0. The third-order valence-corrected chi connectivity index (χ3v) is 11.6. The molecule has 0 heterocycles. The summed E-state index contributed by atoms with van der Waals surface area (Å²) < 4.78 is 0. The van der Waals surface area contributed by atoms with E-state index < -0.39 is 0 Å². The quantitative estimate of drug-likeness (QED) is 0.499. The highest BCUT2D eigenvalue weighted by Gasteiger charge is 2.60. The molecule has 1 heteroatoms. The van der Waals surface area contributed by atoms with E-state index in [9.17, 15) is 5.11 Å². The van der Waals surface area contributed by atoms with Gasteiger partial charge < -0.3 is 5.11 Å². The Morgan fingerprint density at radius 3 is 2.21 bits per heavy atom. The molecule has 4 aliphatic rings. The summed E-state index contributed by atoms with van der Waals surface area (Å²) in [6.07, 6.45) is 15.1. The molecular weight excluding hydrogens is 352 g/mol. The minimum Gasteiger partial charge on any atom is -0.393 e. The van der Waals surface area contributed by atoms with E-state index in [-0.39, 0.29) is 6.10 Å². The van der Waals surface area contributed by atoms with Crippen LogP contribution in [-0.4, -0.2) is 11.2 Å². The van der Waals surface area contributed by atoms with Crippen LogP contribution < -0.4 is 0 Å². The first-order chi connectivity index (χ1) is 13.7. The van der Waals surface area contributed by atoms with Crippen molar-refractivity contribution in [2.75, 3.05) is 0 Å². The minimum atomic E-state index is -0.0107. The van der Waals surface area contributed by atoms with Gasteiger partial charge in [0.15, 0.2) is 0 Å². The average molecular weight is 403 g/mol. The van der Waals surface area contributed by atoms with Gasteiger partial charge in [-0.3, -0.25) is 0 Å². The zero-order valence-corrected chi connectivity index (χ0v) is 20.4. The summed E-state index contributed by atoms with van der Waals surface area (Å²) in [6, 6.07) is 0. The largest absolute Gasteiger partial charge is 0.393 e. The third kappa shape index (κ3) is 3.74. The minimum absolute atomic E-state index is 0.0107. The molecule has 1 N–H and O–H groups in total. The molecule has 0 spiro atoms. The highest BCUT2D eigenvalue weighted by Crippen LogP contribution is 2.68. The maximum atomic E-state index is 10.3. The fraction of sp³-hybridized carbons (Fsp3) is 1.00. The van der Waals surface area contributed by atoms with Gasteiger partial charge in [-0.2, -0.15) is 0 Å². The van der Waals surface area contributed by atoms with Crippen molar-refractivity contribution in [2.24, 2.45) is 58.2 Å². The fourth-order valence-electron chi connectivity index (χ4n) is 9.27. The van der Waals surface area contributed by atoms with E-state index in [1.165, 1.54) is 57.8 Å². The van der Waals surface area contributed by atoms with Gasteiger partial charge >= 0.3 is 0 Å². The summed E-state index contributed by atoms with van der Waals surface area (Å²) in [5.74, 6) is 7.28. The Kier molecular flexibility index (Phi) is 6.22. The second kappa shape index (κ2) is 8.14. The Labute approximate surface area is 181 Å². The number of rotatable bonds is 5. The lowest BCUT2D eigenvalue weighted by molar-refractivity contribution is -0.129. The number of aliphatic hydroxyl groups excluding tert-OH is 1. The molecule has 0 radical (unpaired) electrons. The molecular formula is C28H50O. The van der Waals surface area contributed by atoms with Crippen LogP contribution in [0.2, 0.25) is 0 Å². The summed E-state index contributed by atoms with van der Waals surface area (Å²) in [5, 5.41) is 10.3. The molecule has 0 bridgehead atoms. The van der Waals surface area contributed by atoms with Crippen LogP contribution in [0.15, 0.2) is 0 Å². The molecule has 4 aliphatic carbocycles. The molecule has 0 aliphatic heterocycles. The summed E-state index contributed by atoms with van der Waals surface area (Å²) in [6.45, 7) is 15.2. The van der Waals surface area contributed by atoms with Gasteiger partial charge in [0.2, 0.25) is 0 Å². The molecule has 168 valence electrons. The van der Waals surface area contributed by atoms with Crippen LogP contribution in [0.4, 0.5) is 0 Å². The second-order valence-electron chi connectivity index (χ2n) is 13.1.